The van der Waals surface area contributed by atoms with Crippen LogP contribution in [0.2, 0.25) is 5.35 Å². The number of oxazole rings is 1. The highest BCUT2D eigenvalue weighted by molar-refractivity contribution is 6.27. The van der Waals surface area contributed by atoms with Crippen LogP contribution < -0.4 is 0 Å². The van der Waals surface area contributed by atoms with E-state index in [0.29, 0.717) is 0 Å². The molecule has 0 unspecified atom stereocenters. The van der Waals surface area contributed by atoms with Crippen molar-refractivity contribution in [2.75, 3.05) is 7.11 Å². The molecular weight excluding hydrogens is 158 g/mol. The lowest BCUT2D eigenvalue weighted by Gasteiger charge is -1.89. The normalized spacial score (nSPS) is 9.40. The predicted molar refractivity (Wildman–Crippen MR) is 32.9 cm³/mol. The molecule has 0 spiro atoms. The second-order valence-corrected chi connectivity index (χ2v) is 1.79. The van der Waals surface area contributed by atoms with Gasteiger partial charge in [-0.15, -0.1) is 0 Å². The monoisotopic (exact) mass is 161 g/mol. The Morgan fingerprint density at radius 3 is 3.00 bits per heavy atom. The summed E-state index contributed by atoms with van der Waals surface area (Å²) in [6, 6.07) is 0. The molecular formula is C5H4ClNO3. The summed E-state index contributed by atoms with van der Waals surface area (Å²) in [4.78, 5) is 14.1. The Labute approximate surface area is 61.8 Å². The van der Waals surface area contributed by atoms with E-state index in [2.05, 4.69) is 14.1 Å². The van der Waals surface area contributed by atoms with Crippen molar-refractivity contribution in [3.8, 4) is 0 Å². The molecule has 54 valence electrons. The lowest BCUT2D eigenvalue weighted by molar-refractivity contribution is 0.0565. The first-order valence-electron chi connectivity index (χ1n) is 2.43. The first-order chi connectivity index (χ1) is 4.74. The first kappa shape index (κ1) is 7.08. The van der Waals surface area contributed by atoms with Gasteiger partial charge in [0.05, 0.1) is 13.3 Å². The quantitative estimate of drug-likeness (QED) is 0.579. The maximum Gasteiger partial charge on any atom is 0.375 e. The van der Waals surface area contributed by atoms with Crippen molar-refractivity contribution >= 4 is 17.6 Å². The number of nitrogens with zero attached hydrogens (tertiary/aromatic N) is 1. The number of halogens is 1. The number of esters is 1. The van der Waals surface area contributed by atoms with Crippen molar-refractivity contribution in [1.29, 1.82) is 0 Å². The molecule has 5 heteroatoms. The van der Waals surface area contributed by atoms with E-state index >= 15 is 0 Å². The van der Waals surface area contributed by atoms with Crippen LogP contribution in [0.1, 0.15) is 10.6 Å². The molecule has 0 atom stereocenters. The molecule has 0 aromatic carbocycles. The number of carbonyl (C=O) groups excluding carboxylic acids is 1. The highest BCUT2D eigenvalue weighted by atomic mass is 35.5. The highest BCUT2D eigenvalue weighted by Crippen LogP contribution is 2.08. The Kier molecular flexibility index (Phi) is 1.91. The largest absolute Gasteiger partial charge is 0.463 e. The molecule has 0 saturated heterocycles. The zero-order valence-corrected chi connectivity index (χ0v) is 5.88. The fraction of sp³-hybridized carbons (Fsp3) is 0.200. The van der Waals surface area contributed by atoms with Crippen LogP contribution in [-0.4, -0.2) is 18.1 Å². The molecule has 0 aliphatic heterocycles. The molecule has 0 aliphatic rings. The van der Waals surface area contributed by atoms with E-state index < -0.39 is 5.97 Å². The average molecular weight is 162 g/mol. The molecule has 0 N–H and O–H groups in total. The third kappa shape index (κ3) is 1.27. The third-order valence-corrected chi connectivity index (χ3v) is 1.04. The number of ether oxygens (including phenoxy) is 1. The molecule has 1 heterocycles. The molecule has 10 heavy (non-hydrogen) atoms. The minimum atomic E-state index is -0.584. The highest BCUT2D eigenvalue weighted by Gasteiger charge is 2.10. The third-order valence-electron chi connectivity index (χ3n) is 0.864. The zero-order chi connectivity index (χ0) is 7.56. The van der Waals surface area contributed by atoms with Crippen LogP contribution in [0.4, 0.5) is 0 Å². The molecule has 0 bridgehead atoms. The first-order valence-corrected chi connectivity index (χ1v) is 2.81. The van der Waals surface area contributed by atoms with E-state index in [9.17, 15) is 4.79 Å². The Hall–Kier alpha value is -1.03. The number of rotatable bonds is 1. The minimum absolute atomic E-state index is 0.00694. The zero-order valence-electron chi connectivity index (χ0n) is 5.13. The van der Waals surface area contributed by atoms with Crippen LogP contribution in [0.5, 0.6) is 0 Å². The summed E-state index contributed by atoms with van der Waals surface area (Å²) < 4.78 is 8.93. The molecule has 4 nitrogen and oxygen atoms in total. The summed E-state index contributed by atoms with van der Waals surface area (Å²) in [6.07, 6.45) is 1.20. The van der Waals surface area contributed by atoms with Crippen molar-refractivity contribution in [3.63, 3.8) is 0 Å². The Morgan fingerprint density at radius 1 is 1.90 bits per heavy atom. The van der Waals surface area contributed by atoms with E-state index in [4.69, 9.17) is 11.6 Å². The number of aromatic nitrogens is 1. The van der Waals surface area contributed by atoms with E-state index in [1.807, 2.05) is 0 Å². The van der Waals surface area contributed by atoms with E-state index in [1.54, 1.807) is 0 Å². The average Bonchev–Trinajstić information content (AvgIpc) is 2.34. The summed E-state index contributed by atoms with van der Waals surface area (Å²) >= 11 is 5.28. The fourth-order valence-corrected chi connectivity index (χ4v) is 0.580. The van der Waals surface area contributed by atoms with Gasteiger partial charge in [-0.25, -0.2) is 9.78 Å². The van der Waals surface area contributed by atoms with Gasteiger partial charge in [0, 0.05) is 0 Å². The van der Waals surface area contributed by atoms with Gasteiger partial charge in [0.15, 0.2) is 0 Å². The lowest BCUT2D eigenvalue weighted by Crippen LogP contribution is -1.98. The van der Waals surface area contributed by atoms with Crippen molar-refractivity contribution in [1.82, 2.24) is 4.98 Å². The molecule has 0 fully saturated rings. The molecule has 1 aromatic rings. The molecule has 1 rings (SSSR count). The molecule has 1 aromatic heterocycles. The second kappa shape index (κ2) is 2.70. The topological polar surface area (TPSA) is 52.3 Å². The van der Waals surface area contributed by atoms with Gasteiger partial charge in [-0.3, -0.25) is 0 Å². The van der Waals surface area contributed by atoms with Gasteiger partial charge in [-0.05, 0) is 11.6 Å². The summed E-state index contributed by atoms with van der Waals surface area (Å²) in [5, 5.41) is -0.0691. The van der Waals surface area contributed by atoms with Crippen LogP contribution >= 0.6 is 11.6 Å². The number of carbonyl (C=O) groups is 1. The summed E-state index contributed by atoms with van der Waals surface area (Å²) in [5.74, 6) is -0.577. The standard InChI is InChI=1S/C5H4ClNO3/c1-9-4(8)3-2-7-5(6)10-3/h2H,1H3. The molecule has 0 saturated carbocycles. The van der Waals surface area contributed by atoms with Gasteiger partial charge < -0.3 is 9.15 Å². The van der Waals surface area contributed by atoms with Crippen LogP contribution in [0, 0.1) is 0 Å². The fourth-order valence-electron chi connectivity index (χ4n) is 0.448. The maximum atomic E-state index is 10.6. The Bertz CT molecular complexity index is 245. The Balaban J connectivity index is 2.85. The number of methoxy groups -OCH3 is 1. The van der Waals surface area contributed by atoms with Gasteiger partial charge in [0.25, 0.3) is 5.35 Å². The summed E-state index contributed by atoms with van der Waals surface area (Å²) in [7, 11) is 1.25. The number of hydrogen-bond donors (Lipinski definition) is 0. The molecule has 0 aliphatic carbocycles. The van der Waals surface area contributed by atoms with Crippen molar-refractivity contribution in [2.24, 2.45) is 0 Å². The van der Waals surface area contributed by atoms with Gasteiger partial charge in [-0.1, -0.05) is 0 Å². The van der Waals surface area contributed by atoms with Gasteiger partial charge in [0.2, 0.25) is 5.76 Å². The van der Waals surface area contributed by atoms with Crippen molar-refractivity contribution in [3.05, 3.63) is 17.3 Å². The summed E-state index contributed by atoms with van der Waals surface area (Å²) in [6.45, 7) is 0. The second-order valence-electron chi connectivity index (χ2n) is 1.47. The van der Waals surface area contributed by atoms with Crippen molar-refractivity contribution in [2.45, 2.75) is 0 Å². The van der Waals surface area contributed by atoms with Crippen LogP contribution in [0.15, 0.2) is 10.6 Å². The maximum absolute atomic E-state index is 10.6. The number of hydrogen-bond acceptors (Lipinski definition) is 4. The van der Waals surface area contributed by atoms with Crippen LogP contribution in [0.3, 0.4) is 0 Å². The van der Waals surface area contributed by atoms with E-state index in [0.717, 1.165) is 0 Å². The predicted octanol–water partition coefficient (Wildman–Crippen LogP) is 1.11. The summed E-state index contributed by atoms with van der Waals surface area (Å²) in [5.41, 5.74) is 0. The SMILES string of the molecule is COC(=O)c1cnc(Cl)o1. The van der Waals surface area contributed by atoms with Gasteiger partial charge in [-0.2, -0.15) is 0 Å². The van der Waals surface area contributed by atoms with Crippen LogP contribution in [-0.2, 0) is 4.74 Å². The molecule has 0 amide bonds. The van der Waals surface area contributed by atoms with Crippen LogP contribution in [0.25, 0.3) is 0 Å². The Morgan fingerprint density at radius 2 is 2.60 bits per heavy atom. The smallest absolute Gasteiger partial charge is 0.375 e. The van der Waals surface area contributed by atoms with Crippen molar-refractivity contribution < 1.29 is 13.9 Å². The molecule has 0 radical (unpaired) electrons. The van der Waals surface area contributed by atoms with Gasteiger partial charge in [0.1, 0.15) is 0 Å². The minimum Gasteiger partial charge on any atom is -0.463 e. The van der Waals surface area contributed by atoms with E-state index in [-0.39, 0.29) is 11.1 Å². The lowest BCUT2D eigenvalue weighted by atomic mass is 10.5. The van der Waals surface area contributed by atoms with E-state index in [1.165, 1.54) is 13.3 Å². The van der Waals surface area contributed by atoms with Gasteiger partial charge >= 0.3 is 5.97 Å².